The Morgan fingerprint density at radius 1 is 1.00 bits per heavy atom. The van der Waals surface area contributed by atoms with E-state index in [4.69, 9.17) is 9.47 Å². The van der Waals surface area contributed by atoms with Crippen LogP contribution in [0.15, 0.2) is 54.6 Å². The minimum atomic E-state index is -0.948. The van der Waals surface area contributed by atoms with Gasteiger partial charge < -0.3 is 19.7 Å². The summed E-state index contributed by atoms with van der Waals surface area (Å²) in [6, 6.07) is 17.1. The maximum atomic E-state index is 11.9. The predicted octanol–water partition coefficient (Wildman–Crippen LogP) is 3.75. The normalized spacial score (nSPS) is 12.5. The lowest BCUT2D eigenvalue weighted by Crippen LogP contribution is -2.15. The van der Waals surface area contributed by atoms with Crippen LogP contribution in [0.1, 0.15) is 17.0 Å². The van der Waals surface area contributed by atoms with Gasteiger partial charge in [0.2, 0.25) is 5.88 Å². The summed E-state index contributed by atoms with van der Waals surface area (Å²) in [6.07, 6.45) is -0.948. The van der Waals surface area contributed by atoms with Gasteiger partial charge in [0.25, 0.3) is 0 Å². The number of rotatable bonds is 3. The lowest BCUT2D eigenvalue weighted by Gasteiger charge is -2.13. The van der Waals surface area contributed by atoms with Gasteiger partial charge in [-0.3, -0.25) is 4.98 Å². The topological polar surface area (TPSA) is 91.8 Å². The van der Waals surface area contributed by atoms with Gasteiger partial charge in [-0.1, -0.05) is 48.5 Å². The molecule has 0 radical (unpaired) electrons. The fourth-order valence-corrected chi connectivity index (χ4v) is 3.20. The fraction of sp³-hybridized carbons (Fsp3) is 0.105. The molecule has 25 heavy (non-hydrogen) atoms. The molecule has 1 heterocycles. The highest BCUT2D eigenvalue weighted by atomic mass is 16.7. The Labute approximate surface area is 143 Å². The van der Waals surface area contributed by atoms with Gasteiger partial charge in [0.15, 0.2) is 11.6 Å². The van der Waals surface area contributed by atoms with Crippen molar-refractivity contribution >= 4 is 6.16 Å². The molecule has 0 atom stereocenters. The summed E-state index contributed by atoms with van der Waals surface area (Å²) in [5, 5.41) is 18.7. The molecule has 0 saturated heterocycles. The molecule has 1 aliphatic carbocycles. The van der Waals surface area contributed by atoms with Crippen LogP contribution in [0.2, 0.25) is 0 Å². The number of hydrogen-bond acceptors (Lipinski definition) is 5. The first-order valence-corrected chi connectivity index (χ1v) is 7.77. The first-order valence-electron chi connectivity index (χ1n) is 7.77. The molecule has 6 heteroatoms. The Kier molecular flexibility index (Phi) is 3.57. The molecule has 2 aromatic carbocycles. The molecule has 0 unspecified atom stereocenters. The van der Waals surface area contributed by atoms with Gasteiger partial charge in [-0.15, -0.1) is 0 Å². The van der Waals surface area contributed by atoms with Crippen molar-refractivity contribution in [2.75, 3.05) is 6.61 Å². The summed E-state index contributed by atoms with van der Waals surface area (Å²) in [7, 11) is 0. The summed E-state index contributed by atoms with van der Waals surface area (Å²) in [5.74, 6) is -1.01. The zero-order valence-corrected chi connectivity index (χ0v) is 13.1. The van der Waals surface area contributed by atoms with Crippen molar-refractivity contribution < 1.29 is 24.5 Å². The second-order valence-corrected chi connectivity index (χ2v) is 5.76. The third-order valence-corrected chi connectivity index (χ3v) is 4.27. The van der Waals surface area contributed by atoms with E-state index >= 15 is 0 Å². The van der Waals surface area contributed by atoms with Crippen LogP contribution in [0.25, 0.3) is 11.1 Å². The van der Waals surface area contributed by atoms with Crippen molar-refractivity contribution in [3.05, 3.63) is 65.7 Å². The van der Waals surface area contributed by atoms with Crippen LogP contribution in [-0.4, -0.2) is 28.0 Å². The van der Waals surface area contributed by atoms with E-state index in [1.54, 1.807) is 0 Å². The van der Waals surface area contributed by atoms with Crippen LogP contribution in [0.5, 0.6) is 17.5 Å². The first-order chi connectivity index (χ1) is 12.1. The average molecular weight is 337 g/mol. The molecule has 1 aromatic heterocycles. The number of ether oxygens (including phenoxy) is 2. The molecule has 0 fully saturated rings. The van der Waals surface area contributed by atoms with E-state index in [0.717, 1.165) is 28.3 Å². The van der Waals surface area contributed by atoms with Crippen LogP contribution in [0, 0.1) is 0 Å². The standard InChI is InChI=1S/C19H15NO5/c21-17-9-16(18(22)20-17)25-19(23)24-10-15-13-7-3-1-5-11(13)12-6-2-4-8-14(12)15/h1-9,15,20-22H,10H2. The zero-order valence-electron chi connectivity index (χ0n) is 13.1. The summed E-state index contributed by atoms with van der Waals surface area (Å²) >= 11 is 0. The molecular formula is C19H15NO5. The lowest BCUT2D eigenvalue weighted by atomic mass is 9.98. The van der Waals surface area contributed by atoms with E-state index in [0.29, 0.717) is 0 Å². The van der Waals surface area contributed by atoms with Crippen LogP contribution >= 0.6 is 0 Å². The van der Waals surface area contributed by atoms with Crippen molar-refractivity contribution in [2.24, 2.45) is 0 Å². The van der Waals surface area contributed by atoms with Gasteiger partial charge in [-0.05, 0) is 22.3 Å². The Bertz CT molecular complexity index is 901. The third kappa shape index (κ3) is 2.67. The quantitative estimate of drug-likeness (QED) is 0.633. The van der Waals surface area contributed by atoms with Crippen LogP contribution in [-0.2, 0) is 4.74 Å². The van der Waals surface area contributed by atoms with Crippen molar-refractivity contribution in [2.45, 2.75) is 5.92 Å². The Morgan fingerprint density at radius 3 is 2.16 bits per heavy atom. The molecule has 0 aliphatic heterocycles. The van der Waals surface area contributed by atoms with Crippen molar-refractivity contribution in [3.8, 4) is 28.6 Å². The minimum Gasteiger partial charge on any atom is -0.494 e. The van der Waals surface area contributed by atoms with Gasteiger partial charge >= 0.3 is 6.16 Å². The van der Waals surface area contributed by atoms with E-state index < -0.39 is 12.0 Å². The monoisotopic (exact) mass is 337 g/mol. The van der Waals surface area contributed by atoms with Gasteiger partial charge in [-0.2, -0.15) is 0 Å². The molecule has 4 rings (SSSR count). The molecule has 6 nitrogen and oxygen atoms in total. The number of carbonyl (C=O) groups is 1. The molecule has 0 saturated carbocycles. The number of nitrogens with one attached hydrogen (secondary N) is 1. The summed E-state index contributed by atoms with van der Waals surface area (Å²) < 4.78 is 10.1. The summed E-state index contributed by atoms with van der Waals surface area (Å²) in [5.41, 5.74) is 4.46. The molecule has 0 amide bonds. The SMILES string of the molecule is O=C(OCC1c2ccccc2-c2ccccc21)Oc1cc(O)[nH]c1O. The summed E-state index contributed by atoms with van der Waals surface area (Å²) in [4.78, 5) is 14.1. The van der Waals surface area contributed by atoms with E-state index in [-0.39, 0.29) is 24.2 Å². The highest BCUT2D eigenvalue weighted by Gasteiger charge is 2.29. The number of carbonyl (C=O) groups excluding carboxylic acids is 1. The fourth-order valence-electron chi connectivity index (χ4n) is 3.20. The number of aromatic amines is 1. The number of fused-ring (bicyclic) bond motifs is 3. The Morgan fingerprint density at radius 2 is 1.60 bits per heavy atom. The van der Waals surface area contributed by atoms with Crippen molar-refractivity contribution in [1.82, 2.24) is 4.98 Å². The van der Waals surface area contributed by atoms with Crippen LogP contribution in [0.3, 0.4) is 0 Å². The lowest BCUT2D eigenvalue weighted by molar-refractivity contribution is 0.0954. The Hall–Kier alpha value is -3.41. The van der Waals surface area contributed by atoms with Crippen LogP contribution in [0.4, 0.5) is 4.79 Å². The van der Waals surface area contributed by atoms with Gasteiger partial charge in [0.1, 0.15) is 6.61 Å². The van der Waals surface area contributed by atoms with Crippen molar-refractivity contribution in [3.63, 3.8) is 0 Å². The van der Waals surface area contributed by atoms with E-state index in [1.165, 1.54) is 0 Å². The Balaban J connectivity index is 1.51. The number of aromatic nitrogens is 1. The zero-order chi connectivity index (χ0) is 17.4. The maximum absolute atomic E-state index is 11.9. The van der Waals surface area contributed by atoms with E-state index in [1.807, 2.05) is 48.5 Å². The molecule has 0 bridgehead atoms. The van der Waals surface area contributed by atoms with Crippen molar-refractivity contribution in [1.29, 1.82) is 0 Å². The van der Waals surface area contributed by atoms with Crippen LogP contribution < -0.4 is 4.74 Å². The van der Waals surface area contributed by atoms with Gasteiger partial charge in [-0.25, -0.2) is 4.79 Å². The number of H-pyrrole nitrogens is 1. The van der Waals surface area contributed by atoms with Gasteiger partial charge in [0.05, 0.1) is 0 Å². The highest BCUT2D eigenvalue weighted by molar-refractivity contribution is 5.79. The maximum Gasteiger partial charge on any atom is 0.514 e. The first kappa shape index (κ1) is 15.1. The van der Waals surface area contributed by atoms with Gasteiger partial charge in [0, 0.05) is 12.0 Å². The second kappa shape index (κ2) is 5.90. The number of hydrogen-bond donors (Lipinski definition) is 3. The number of aromatic hydroxyl groups is 2. The minimum absolute atomic E-state index is 0.0758. The third-order valence-electron chi connectivity index (χ3n) is 4.27. The predicted molar refractivity (Wildman–Crippen MR) is 89.8 cm³/mol. The number of benzene rings is 2. The molecule has 1 aliphatic rings. The highest BCUT2D eigenvalue weighted by Crippen LogP contribution is 2.44. The average Bonchev–Trinajstić information content (AvgIpc) is 3.10. The van der Waals surface area contributed by atoms with E-state index in [2.05, 4.69) is 4.98 Å². The summed E-state index contributed by atoms with van der Waals surface area (Å²) in [6.45, 7) is 0.115. The molecular weight excluding hydrogens is 322 g/mol. The molecule has 3 N–H and O–H groups in total. The molecule has 0 spiro atoms. The largest absolute Gasteiger partial charge is 0.514 e. The molecule has 3 aromatic rings. The second-order valence-electron chi connectivity index (χ2n) is 5.76. The molecule has 126 valence electrons. The smallest absolute Gasteiger partial charge is 0.494 e. The van der Waals surface area contributed by atoms with E-state index in [9.17, 15) is 15.0 Å².